The fourth-order valence-corrected chi connectivity index (χ4v) is 5.20. The molecule has 2 aromatic rings. The monoisotopic (exact) mass is 521 g/mol. The van der Waals surface area contributed by atoms with Crippen LogP contribution in [-0.4, -0.2) is 78.2 Å². The standard InChI is InChI=1S/C19H19N7O7S2/c1-8(27)32-3-9-5-34-17-13(16(29)26(17)14(9)18(30)31)24-15(28)12(11-6-35-19(20)23-11)25-33-4-10-2-21-7-22-10/h2,6-7,13,17H,3-5H2,1H3,(H2,20,23)(H,21,22)(H,24,28)(H,30,31)/t13?,17-/m0/s1. The first-order valence-electron chi connectivity index (χ1n) is 9.99. The molecule has 1 fully saturated rings. The fraction of sp³-hybridized carbons (Fsp3) is 0.316. The number of nitrogens with two attached hydrogens (primary N) is 1. The molecule has 2 aromatic heterocycles. The summed E-state index contributed by atoms with van der Waals surface area (Å²) in [5.41, 5.74) is 6.29. The maximum Gasteiger partial charge on any atom is 0.352 e. The van der Waals surface area contributed by atoms with Crippen molar-refractivity contribution >= 4 is 57.7 Å². The summed E-state index contributed by atoms with van der Waals surface area (Å²) in [5, 5.41) is 17.2. The number of thioether (sulfide) groups is 1. The predicted molar refractivity (Wildman–Crippen MR) is 123 cm³/mol. The average molecular weight is 522 g/mol. The van der Waals surface area contributed by atoms with E-state index in [-0.39, 0.29) is 41.2 Å². The number of nitrogens with zero attached hydrogens (tertiary/aromatic N) is 4. The van der Waals surface area contributed by atoms with Crippen molar-refractivity contribution in [3.8, 4) is 0 Å². The number of carbonyl (C=O) groups excluding carboxylic acids is 3. The molecule has 35 heavy (non-hydrogen) atoms. The summed E-state index contributed by atoms with van der Waals surface area (Å²) in [5.74, 6) is -3.07. The Morgan fingerprint density at radius 2 is 2.20 bits per heavy atom. The Labute approximate surface area is 205 Å². The Balaban J connectivity index is 1.49. The van der Waals surface area contributed by atoms with E-state index in [1.54, 1.807) is 0 Å². The second-order valence-electron chi connectivity index (χ2n) is 7.26. The number of anilines is 1. The number of ether oxygens (including phenoxy) is 1. The number of carbonyl (C=O) groups is 4. The van der Waals surface area contributed by atoms with E-state index in [2.05, 4.69) is 25.4 Å². The third kappa shape index (κ3) is 5.12. The number of carboxylic acid groups (broad SMARTS) is 1. The van der Waals surface area contributed by atoms with Gasteiger partial charge >= 0.3 is 11.9 Å². The first-order valence-corrected chi connectivity index (χ1v) is 11.9. The van der Waals surface area contributed by atoms with Crippen LogP contribution < -0.4 is 11.1 Å². The van der Waals surface area contributed by atoms with Gasteiger partial charge in [0, 0.05) is 23.6 Å². The van der Waals surface area contributed by atoms with Crippen LogP contribution in [0.2, 0.25) is 0 Å². The fourth-order valence-electron chi connectivity index (χ4n) is 3.32. The molecule has 2 aliphatic heterocycles. The number of aromatic amines is 1. The molecule has 4 heterocycles. The molecule has 0 saturated carbocycles. The zero-order valence-electron chi connectivity index (χ0n) is 18.1. The zero-order valence-corrected chi connectivity index (χ0v) is 19.7. The molecule has 0 spiro atoms. The largest absolute Gasteiger partial charge is 0.477 e. The highest BCUT2D eigenvalue weighted by Gasteiger charge is 2.54. The molecule has 0 bridgehead atoms. The molecular weight excluding hydrogens is 502 g/mol. The molecule has 184 valence electrons. The molecule has 2 amide bonds. The molecule has 16 heteroatoms. The highest BCUT2D eigenvalue weighted by Crippen LogP contribution is 2.40. The van der Waals surface area contributed by atoms with Gasteiger partial charge in [0.1, 0.15) is 29.4 Å². The van der Waals surface area contributed by atoms with Gasteiger partial charge in [0.05, 0.1) is 18.2 Å². The van der Waals surface area contributed by atoms with E-state index in [0.29, 0.717) is 11.3 Å². The van der Waals surface area contributed by atoms with Crippen molar-refractivity contribution in [1.82, 2.24) is 25.2 Å². The molecular formula is C19H19N7O7S2. The second kappa shape index (κ2) is 10.1. The Morgan fingerprint density at radius 1 is 1.40 bits per heavy atom. The Hall–Kier alpha value is -3.92. The van der Waals surface area contributed by atoms with Gasteiger partial charge in [-0.25, -0.2) is 14.8 Å². The molecule has 2 aliphatic rings. The Bertz CT molecular complexity index is 1220. The van der Waals surface area contributed by atoms with Crippen LogP contribution in [0.15, 0.2) is 34.3 Å². The van der Waals surface area contributed by atoms with Crippen LogP contribution in [0.3, 0.4) is 0 Å². The SMILES string of the molecule is CC(=O)OCC1=C(C(=O)O)N2C(=O)C(NC(=O)C(=NOCc3cnc[nH]3)c3csc(N)n3)[C@@H]2SC1. The Kier molecular flexibility index (Phi) is 7.02. The van der Waals surface area contributed by atoms with Gasteiger partial charge < -0.3 is 30.7 Å². The molecule has 14 nitrogen and oxygen atoms in total. The van der Waals surface area contributed by atoms with Gasteiger partial charge in [0.2, 0.25) is 0 Å². The van der Waals surface area contributed by atoms with Crippen LogP contribution in [0.25, 0.3) is 0 Å². The number of rotatable bonds is 9. The van der Waals surface area contributed by atoms with Gasteiger partial charge in [-0.3, -0.25) is 19.3 Å². The van der Waals surface area contributed by atoms with E-state index < -0.39 is 35.2 Å². The lowest BCUT2D eigenvalue weighted by Crippen LogP contribution is -2.71. The van der Waals surface area contributed by atoms with E-state index in [9.17, 15) is 24.3 Å². The van der Waals surface area contributed by atoms with Crippen molar-refractivity contribution in [1.29, 1.82) is 0 Å². The highest BCUT2D eigenvalue weighted by atomic mass is 32.2. The topological polar surface area (TPSA) is 202 Å². The van der Waals surface area contributed by atoms with E-state index in [4.69, 9.17) is 15.3 Å². The number of imidazole rings is 1. The van der Waals surface area contributed by atoms with Crippen molar-refractivity contribution in [2.75, 3.05) is 18.1 Å². The van der Waals surface area contributed by atoms with Crippen LogP contribution >= 0.6 is 23.1 Å². The van der Waals surface area contributed by atoms with Crippen molar-refractivity contribution in [3.05, 3.63) is 40.6 Å². The molecule has 1 unspecified atom stereocenters. The number of β-lactam (4-membered cyclic amide) rings is 1. The summed E-state index contributed by atoms with van der Waals surface area (Å²) in [7, 11) is 0. The molecule has 0 aromatic carbocycles. The zero-order chi connectivity index (χ0) is 25.1. The molecule has 0 aliphatic carbocycles. The van der Waals surface area contributed by atoms with Crippen molar-refractivity contribution in [3.63, 3.8) is 0 Å². The number of hydrogen-bond donors (Lipinski definition) is 4. The van der Waals surface area contributed by atoms with Crippen molar-refractivity contribution in [2.24, 2.45) is 5.16 Å². The minimum absolute atomic E-state index is 0.00287. The number of esters is 1. The summed E-state index contributed by atoms with van der Waals surface area (Å²) in [6, 6.07) is -1.01. The third-order valence-electron chi connectivity index (χ3n) is 4.90. The highest BCUT2D eigenvalue weighted by molar-refractivity contribution is 8.00. The van der Waals surface area contributed by atoms with Gasteiger partial charge in [-0.15, -0.1) is 23.1 Å². The van der Waals surface area contributed by atoms with Gasteiger partial charge in [-0.2, -0.15) is 0 Å². The number of carboxylic acids is 1. The van der Waals surface area contributed by atoms with E-state index in [1.807, 2.05) is 0 Å². The van der Waals surface area contributed by atoms with Crippen LogP contribution in [0.4, 0.5) is 5.13 Å². The number of aliphatic carboxylic acids is 1. The first kappa shape index (κ1) is 24.2. The van der Waals surface area contributed by atoms with E-state index >= 15 is 0 Å². The summed E-state index contributed by atoms with van der Waals surface area (Å²) in [6.07, 6.45) is 2.99. The lowest BCUT2D eigenvalue weighted by atomic mass is 10.0. The minimum atomic E-state index is -1.33. The molecule has 4 rings (SSSR count). The third-order valence-corrected chi connectivity index (χ3v) is 6.91. The summed E-state index contributed by atoms with van der Waals surface area (Å²) < 4.78 is 4.91. The van der Waals surface area contributed by atoms with Gasteiger partial charge in [-0.05, 0) is 0 Å². The van der Waals surface area contributed by atoms with Crippen molar-refractivity contribution in [2.45, 2.75) is 24.9 Å². The van der Waals surface area contributed by atoms with Crippen LogP contribution in [-0.2, 0) is 35.4 Å². The normalized spacial score (nSPS) is 19.6. The van der Waals surface area contributed by atoms with Gasteiger partial charge in [0.15, 0.2) is 17.5 Å². The number of oxime groups is 1. The molecule has 0 radical (unpaired) electrons. The number of aromatic nitrogens is 3. The number of fused-ring (bicyclic) bond motifs is 1. The van der Waals surface area contributed by atoms with Crippen LogP contribution in [0, 0.1) is 0 Å². The van der Waals surface area contributed by atoms with Crippen LogP contribution in [0.1, 0.15) is 18.3 Å². The predicted octanol–water partition coefficient (Wildman–Crippen LogP) is -0.329. The number of nitrogens with one attached hydrogen (secondary N) is 2. The number of amides is 2. The van der Waals surface area contributed by atoms with Gasteiger partial charge in [-0.1, -0.05) is 5.16 Å². The molecule has 1 saturated heterocycles. The maximum atomic E-state index is 13.0. The lowest BCUT2D eigenvalue weighted by Gasteiger charge is -2.49. The van der Waals surface area contributed by atoms with E-state index in [0.717, 1.165) is 16.2 Å². The maximum absolute atomic E-state index is 13.0. The molecule has 2 atom stereocenters. The smallest absolute Gasteiger partial charge is 0.352 e. The summed E-state index contributed by atoms with van der Waals surface area (Å²) >= 11 is 2.33. The average Bonchev–Trinajstić information content (AvgIpc) is 3.49. The second-order valence-corrected chi connectivity index (χ2v) is 9.25. The van der Waals surface area contributed by atoms with Crippen molar-refractivity contribution < 1.29 is 33.9 Å². The quantitative estimate of drug-likeness (QED) is 0.146. The lowest BCUT2D eigenvalue weighted by molar-refractivity contribution is -0.150. The minimum Gasteiger partial charge on any atom is -0.477 e. The molecule has 5 N–H and O–H groups in total. The first-order chi connectivity index (χ1) is 16.8. The number of nitrogen functional groups attached to an aromatic ring is 1. The number of thiazole rings is 1. The number of H-pyrrole nitrogens is 1. The Morgan fingerprint density at radius 3 is 2.83 bits per heavy atom. The van der Waals surface area contributed by atoms with Crippen LogP contribution in [0.5, 0.6) is 0 Å². The number of hydrogen-bond acceptors (Lipinski definition) is 12. The summed E-state index contributed by atoms with van der Waals surface area (Å²) in [4.78, 5) is 65.9. The van der Waals surface area contributed by atoms with E-state index in [1.165, 1.54) is 36.6 Å². The van der Waals surface area contributed by atoms with Gasteiger partial charge in [0.25, 0.3) is 11.8 Å². The summed E-state index contributed by atoms with van der Waals surface area (Å²) in [6.45, 7) is 0.962.